The van der Waals surface area contributed by atoms with E-state index in [1.165, 1.54) is 9.80 Å². The summed E-state index contributed by atoms with van der Waals surface area (Å²) in [4.78, 5) is 26.5. The summed E-state index contributed by atoms with van der Waals surface area (Å²) < 4.78 is 0. The minimum Gasteiger partial charge on any atom is -0.331 e. The van der Waals surface area contributed by atoms with Crippen molar-refractivity contribution in [2.45, 2.75) is 6.54 Å². The van der Waals surface area contributed by atoms with E-state index in [4.69, 9.17) is 0 Å². The summed E-state index contributed by atoms with van der Waals surface area (Å²) in [6.45, 7) is 0.539. The predicted octanol–water partition coefficient (Wildman–Crippen LogP) is 1.12. The van der Waals surface area contributed by atoms with Gasteiger partial charge in [-0.2, -0.15) is 0 Å². The van der Waals surface area contributed by atoms with E-state index in [1.54, 1.807) is 14.1 Å². The number of urea groups is 1. The minimum absolute atomic E-state index is 0.0890. The van der Waals surface area contributed by atoms with Gasteiger partial charge in [0.05, 0.1) is 6.54 Å². The summed E-state index contributed by atoms with van der Waals surface area (Å²) in [5.41, 5.74) is 1.74. The molecule has 2 rings (SSSR count). The van der Waals surface area contributed by atoms with Crippen LogP contribution in [0.1, 0.15) is 5.56 Å². The van der Waals surface area contributed by atoms with E-state index in [9.17, 15) is 9.59 Å². The molecule has 5 nitrogen and oxygen atoms in total. The predicted molar refractivity (Wildman–Crippen MR) is 64.6 cm³/mol. The standard InChI is InChI=1S/C12H15N3O2/c1-14(2)12(17)15-7-9-5-3-4-6-10(9)13-11(16)8-15/h3-6H,7-8H2,1-2H3,(H,13,16). The molecular formula is C12H15N3O2. The maximum atomic E-state index is 11.9. The highest BCUT2D eigenvalue weighted by Gasteiger charge is 2.23. The lowest BCUT2D eigenvalue weighted by Crippen LogP contribution is -2.41. The average Bonchev–Trinajstić information content (AvgIpc) is 2.45. The number of fused-ring (bicyclic) bond motifs is 1. The van der Waals surface area contributed by atoms with Crippen LogP contribution in [0.3, 0.4) is 0 Å². The molecule has 17 heavy (non-hydrogen) atoms. The minimum atomic E-state index is -0.162. The van der Waals surface area contributed by atoms with Gasteiger partial charge in [0.15, 0.2) is 0 Å². The maximum Gasteiger partial charge on any atom is 0.320 e. The Morgan fingerprint density at radius 1 is 1.29 bits per heavy atom. The van der Waals surface area contributed by atoms with E-state index in [-0.39, 0.29) is 18.5 Å². The highest BCUT2D eigenvalue weighted by atomic mass is 16.2. The fourth-order valence-corrected chi connectivity index (χ4v) is 1.82. The van der Waals surface area contributed by atoms with Crippen LogP contribution in [-0.2, 0) is 11.3 Å². The van der Waals surface area contributed by atoms with Gasteiger partial charge in [0.25, 0.3) is 0 Å². The van der Waals surface area contributed by atoms with Crippen LogP contribution in [0, 0.1) is 0 Å². The number of benzene rings is 1. The molecule has 0 unspecified atom stereocenters. The molecule has 1 aliphatic rings. The Balaban J connectivity index is 2.29. The molecule has 1 aromatic rings. The number of hydrogen-bond donors (Lipinski definition) is 1. The van der Waals surface area contributed by atoms with Gasteiger partial charge in [-0.05, 0) is 11.6 Å². The van der Waals surface area contributed by atoms with Crippen molar-refractivity contribution < 1.29 is 9.59 Å². The van der Waals surface area contributed by atoms with Crippen LogP contribution < -0.4 is 5.32 Å². The van der Waals surface area contributed by atoms with Gasteiger partial charge in [0.1, 0.15) is 6.54 Å². The molecule has 1 heterocycles. The summed E-state index contributed by atoms with van der Waals surface area (Å²) in [6.07, 6.45) is 0. The normalized spacial score (nSPS) is 14.7. The Kier molecular flexibility index (Phi) is 2.99. The quantitative estimate of drug-likeness (QED) is 0.730. The van der Waals surface area contributed by atoms with Crippen molar-refractivity contribution in [3.05, 3.63) is 29.8 Å². The van der Waals surface area contributed by atoms with Crippen LogP contribution >= 0.6 is 0 Å². The third kappa shape index (κ3) is 2.38. The van der Waals surface area contributed by atoms with Gasteiger partial charge in [0, 0.05) is 19.8 Å². The number of rotatable bonds is 0. The molecule has 0 spiro atoms. The lowest BCUT2D eigenvalue weighted by molar-refractivity contribution is -0.116. The molecule has 0 saturated carbocycles. The molecule has 0 saturated heterocycles. The summed E-state index contributed by atoms with van der Waals surface area (Å²) in [5, 5.41) is 2.79. The maximum absolute atomic E-state index is 11.9. The molecule has 0 atom stereocenters. The third-order valence-corrected chi connectivity index (χ3v) is 2.64. The fraction of sp³-hybridized carbons (Fsp3) is 0.333. The SMILES string of the molecule is CN(C)C(=O)N1CC(=O)Nc2ccccc2C1. The summed E-state index contributed by atoms with van der Waals surface area (Å²) >= 11 is 0. The molecule has 1 aliphatic heterocycles. The van der Waals surface area contributed by atoms with Crippen LogP contribution in [-0.4, -0.2) is 42.4 Å². The Morgan fingerprint density at radius 2 is 2.00 bits per heavy atom. The number of hydrogen-bond acceptors (Lipinski definition) is 2. The molecule has 3 amide bonds. The summed E-state index contributed by atoms with van der Waals surface area (Å²) in [6, 6.07) is 7.36. The zero-order valence-electron chi connectivity index (χ0n) is 9.93. The molecule has 0 bridgehead atoms. The molecule has 0 radical (unpaired) electrons. The topological polar surface area (TPSA) is 52.7 Å². The zero-order valence-corrected chi connectivity index (χ0v) is 9.93. The highest BCUT2D eigenvalue weighted by Crippen LogP contribution is 2.20. The number of carbonyl (C=O) groups is 2. The Labute approximate surface area is 100 Å². The van der Waals surface area contributed by atoms with E-state index in [1.807, 2.05) is 24.3 Å². The second-order valence-electron chi connectivity index (χ2n) is 4.24. The second kappa shape index (κ2) is 4.45. The zero-order chi connectivity index (χ0) is 12.4. The molecule has 0 fully saturated rings. The first kappa shape index (κ1) is 11.4. The monoisotopic (exact) mass is 233 g/mol. The first-order chi connectivity index (χ1) is 8.08. The van der Waals surface area contributed by atoms with Gasteiger partial charge in [-0.25, -0.2) is 4.79 Å². The largest absolute Gasteiger partial charge is 0.331 e. The van der Waals surface area contributed by atoms with Gasteiger partial charge in [-0.3, -0.25) is 4.79 Å². The number of carbonyl (C=O) groups excluding carboxylic acids is 2. The van der Waals surface area contributed by atoms with E-state index >= 15 is 0 Å². The molecule has 1 N–H and O–H groups in total. The van der Waals surface area contributed by atoms with Crippen molar-refractivity contribution in [3.63, 3.8) is 0 Å². The number of para-hydroxylation sites is 1. The summed E-state index contributed by atoms with van der Waals surface area (Å²) in [5.74, 6) is -0.162. The molecule has 90 valence electrons. The molecule has 5 heteroatoms. The van der Waals surface area contributed by atoms with Gasteiger partial charge in [-0.1, -0.05) is 18.2 Å². The first-order valence-electron chi connectivity index (χ1n) is 5.42. The summed E-state index contributed by atoms with van der Waals surface area (Å²) in [7, 11) is 3.36. The van der Waals surface area contributed by atoms with Crippen molar-refractivity contribution in [1.82, 2.24) is 9.80 Å². The van der Waals surface area contributed by atoms with Crippen molar-refractivity contribution in [2.75, 3.05) is 26.0 Å². The third-order valence-electron chi connectivity index (χ3n) is 2.64. The van der Waals surface area contributed by atoms with Crippen LogP contribution in [0.4, 0.5) is 10.5 Å². The van der Waals surface area contributed by atoms with Gasteiger partial charge in [-0.15, -0.1) is 0 Å². The Bertz CT molecular complexity index is 457. The van der Waals surface area contributed by atoms with Gasteiger partial charge >= 0.3 is 6.03 Å². The van der Waals surface area contributed by atoms with Gasteiger partial charge in [0.2, 0.25) is 5.91 Å². The first-order valence-corrected chi connectivity index (χ1v) is 5.42. The van der Waals surface area contributed by atoms with E-state index in [2.05, 4.69) is 5.32 Å². The lowest BCUT2D eigenvalue weighted by Gasteiger charge is -2.23. The molecular weight excluding hydrogens is 218 g/mol. The van der Waals surface area contributed by atoms with Crippen molar-refractivity contribution in [2.24, 2.45) is 0 Å². The van der Waals surface area contributed by atoms with Crippen molar-refractivity contribution in [1.29, 1.82) is 0 Å². The fourth-order valence-electron chi connectivity index (χ4n) is 1.82. The van der Waals surface area contributed by atoms with Crippen LogP contribution in [0.15, 0.2) is 24.3 Å². The molecule has 0 aromatic heterocycles. The average molecular weight is 233 g/mol. The molecule has 0 aliphatic carbocycles. The van der Waals surface area contributed by atoms with Crippen molar-refractivity contribution >= 4 is 17.6 Å². The van der Waals surface area contributed by atoms with Crippen LogP contribution in [0.2, 0.25) is 0 Å². The van der Waals surface area contributed by atoms with E-state index in [0.717, 1.165) is 11.3 Å². The van der Waals surface area contributed by atoms with Crippen LogP contribution in [0.5, 0.6) is 0 Å². The Hall–Kier alpha value is -2.04. The van der Waals surface area contributed by atoms with Crippen molar-refractivity contribution in [3.8, 4) is 0 Å². The number of amides is 3. The van der Waals surface area contributed by atoms with Gasteiger partial charge < -0.3 is 15.1 Å². The van der Waals surface area contributed by atoms with Crippen LogP contribution in [0.25, 0.3) is 0 Å². The lowest BCUT2D eigenvalue weighted by atomic mass is 10.2. The second-order valence-corrected chi connectivity index (χ2v) is 4.24. The number of nitrogens with one attached hydrogen (secondary N) is 1. The number of anilines is 1. The molecule has 1 aromatic carbocycles. The highest BCUT2D eigenvalue weighted by molar-refractivity contribution is 5.96. The van der Waals surface area contributed by atoms with E-state index < -0.39 is 0 Å². The Morgan fingerprint density at radius 3 is 2.71 bits per heavy atom. The number of nitrogens with zero attached hydrogens (tertiary/aromatic N) is 2. The smallest absolute Gasteiger partial charge is 0.320 e. The van der Waals surface area contributed by atoms with E-state index in [0.29, 0.717) is 6.54 Å².